The van der Waals surface area contributed by atoms with E-state index in [9.17, 15) is 0 Å². The summed E-state index contributed by atoms with van der Waals surface area (Å²) in [6.45, 7) is 11.5. The molecule has 3 heteroatoms. The van der Waals surface area contributed by atoms with Gasteiger partial charge < -0.3 is 0 Å². The molecule has 0 aromatic rings. The van der Waals surface area contributed by atoms with Gasteiger partial charge in [-0.05, 0) is 21.6 Å². The maximum atomic E-state index is 2.71. The molecule has 0 rings (SSSR count). The Labute approximate surface area is 87.8 Å². The maximum absolute atomic E-state index is 2.71. The predicted octanol–water partition coefficient (Wildman–Crippen LogP) is 3.31. The van der Waals surface area contributed by atoms with Gasteiger partial charge in [-0.15, -0.1) is 0 Å². The quantitative estimate of drug-likeness (QED) is 0.321. The predicted molar refractivity (Wildman–Crippen MR) is 66.5 cm³/mol. The average molecular weight is 283 g/mol. The number of hydrogen-bond acceptors (Lipinski definition) is 0. The molecule has 0 aliphatic rings. The van der Waals surface area contributed by atoms with E-state index in [1.165, 1.54) is 6.42 Å². The van der Waals surface area contributed by atoms with Gasteiger partial charge in [-0.3, -0.25) is 0 Å². The lowest BCUT2D eigenvalue weighted by atomic mass is 9.73. The van der Waals surface area contributed by atoms with Crippen molar-refractivity contribution in [2.45, 2.75) is 37.9 Å². The highest BCUT2D eigenvalue weighted by molar-refractivity contribution is 14.1. The van der Waals surface area contributed by atoms with Crippen molar-refractivity contribution in [2.75, 3.05) is 0 Å². The van der Waals surface area contributed by atoms with Crippen molar-refractivity contribution in [2.24, 2.45) is 11.3 Å². The highest BCUT2D eigenvalue weighted by Crippen LogP contribution is 2.34. The van der Waals surface area contributed by atoms with Crippen LogP contribution in [0.1, 0.15) is 34.1 Å². The number of alkyl halides is 1. The Bertz CT molecular complexity index is 115. The van der Waals surface area contributed by atoms with Crippen LogP contribution in [0, 0.1) is 11.3 Å². The van der Waals surface area contributed by atoms with Gasteiger partial charge in [-0.2, -0.15) is 9.12 Å². The van der Waals surface area contributed by atoms with Gasteiger partial charge in [0.15, 0.2) is 7.00 Å². The zero-order valence-electron chi connectivity index (χ0n) is 7.89. The van der Waals surface area contributed by atoms with Gasteiger partial charge in [0.05, 0.1) is 0 Å². The number of hydrogen-bond donors (Lipinski definition) is 0. The number of halogens is 1. The lowest BCUT2D eigenvalue weighted by molar-refractivity contribution is 0.318. The Morgan fingerprint density at radius 3 is 2.18 bits per heavy atom. The van der Waals surface area contributed by atoms with Crippen LogP contribution in [0.3, 0.4) is 0 Å². The van der Waals surface area contributed by atoms with Crippen LogP contribution in [0.25, 0.3) is 0 Å². The van der Waals surface area contributed by atoms with Gasteiger partial charge in [0.1, 0.15) is 0 Å². The molecule has 0 aliphatic heterocycles. The zero-order valence-corrected chi connectivity index (χ0v) is 11.2. The van der Waals surface area contributed by atoms with Crippen molar-refractivity contribution in [1.82, 2.24) is 0 Å². The van der Waals surface area contributed by atoms with Gasteiger partial charge in [-0.25, -0.2) is 0 Å². The molecule has 0 aliphatic carbocycles. The molecule has 0 spiro atoms. The highest BCUT2D eigenvalue weighted by atomic mass is 127. The van der Waals surface area contributed by atoms with E-state index in [1.54, 1.807) is 0 Å². The molecule has 0 aromatic heterocycles. The third-order valence-electron chi connectivity index (χ3n) is 1.85. The first-order chi connectivity index (χ1) is 4.90. The average Bonchev–Trinajstić information content (AvgIpc) is 1.83. The van der Waals surface area contributed by atoms with Gasteiger partial charge in [-0.1, -0.05) is 50.3 Å². The first kappa shape index (κ1) is 12.2. The minimum absolute atomic E-state index is 0.441. The van der Waals surface area contributed by atoms with E-state index in [-0.39, 0.29) is 0 Å². The Hall–Kier alpha value is 1.22. The van der Waals surface area contributed by atoms with Crippen molar-refractivity contribution in [3.63, 3.8) is 0 Å². The first-order valence-corrected chi connectivity index (χ1v) is 6.00. The van der Waals surface area contributed by atoms with Crippen LogP contribution in [-0.4, -0.2) is 10.8 Å². The topological polar surface area (TPSA) is 0 Å². The molecule has 2 atom stereocenters. The van der Waals surface area contributed by atoms with Crippen molar-refractivity contribution in [3.8, 4) is 0 Å². The van der Waals surface area contributed by atoms with Crippen molar-refractivity contribution < 1.29 is 0 Å². The molecule has 0 bridgehead atoms. The molecule has 0 fully saturated rings. The van der Waals surface area contributed by atoms with Crippen molar-refractivity contribution in [3.05, 3.63) is 0 Å². The lowest BCUT2D eigenvalue weighted by Crippen LogP contribution is -2.28. The van der Waals surface area contributed by atoms with Crippen molar-refractivity contribution >= 4 is 38.7 Å². The van der Waals surface area contributed by atoms with E-state index in [0.717, 1.165) is 5.92 Å². The highest BCUT2D eigenvalue weighted by Gasteiger charge is 2.26. The summed E-state index contributed by atoms with van der Waals surface area (Å²) in [5.41, 5.74) is 0.441. The van der Waals surface area contributed by atoms with Crippen molar-refractivity contribution in [1.29, 1.82) is 0 Å². The maximum Gasteiger partial charge on any atom is 0.155 e. The largest absolute Gasteiger partial charge is 0.177 e. The molecule has 0 aromatic carbocycles. The Balaban J connectivity index is 3.98. The van der Waals surface area contributed by atoms with Crippen LogP contribution >= 0.6 is 31.7 Å². The minimum Gasteiger partial charge on any atom is -0.177 e. The smallest absolute Gasteiger partial charge is 0.155 e. The van der Waals surface area contributed by atoms with E-state index in [0.29, 0.717) is 9.24 Å². The zero-order chi connectivity index (χ0) is 9.07. The van der Waals surface area contributed by atoms with E-state index >= 15 is 0 Å². The summed E-state index contributed by atoms with van der Waals surface area (Å²) < 4.78 is 0.660. The summed E-state index contributed by atoms with van der Waals surface area (Å²) in [7, 11) is 2.71. The van der Waals surface area contributed by atoms with E-state index in [1.807, 2.05) is 0 Å². The molecular weight excluding hydrogens is 265 g/mol. The lowest BCUT2D eigenvalue weighted by Gasteiger charge is -2.31. The fourth-order valence-electron chi connectivity index (χ4n) is 1.43. The normalized spacial score (nSPS) is 15.2. The molecule has 0 saturated heterocycles. The van der Waals surface area contributed by atoms with Crippen LogP contribution in [0.15, 0.2) is 0 Å². The SMILES string of the molecule is CC(C)CC(C)(C)C(I)[B]P. The second kappa shape index (κ2) is 5.06. The summed E-state index contributed by atoms with van der Waals surface area (Å²) in [6.07, 6.45) is 1.30. The van der Waals surface area contributed by atoms with Crippen LogP contribution in [0.4, 0.5) is 0 Å². The molecule has 0 amide bonds. The van der Waals surface area contributed by atoms with Gasteiger partial charge in [0.25, 0.3) is 0 Å². The van der Waals surface area contributed by atoms with Crippen LogP contribution in [0.2, 0.25) is 0 Å². The van der Waals surface area contributed by atoms with E-state index in [4.69, 9.17) is 0 Å². The van der Waals surface area contributed by atoms with Crippen LogP contribution in [0.5, 0.6) is 0 Å². The van der Waals surface area contributed by atoms with Crippen LogP contribution in [-0.2, 0) is 0 Å². The molecule has 65 valence electrons. The Kier molecular flexibility index (Phi) is 5.63. The second-order valence-corrected chi connectivity index (χ2v) is 5.91. The standard InChI is InChI=1S/C8H18BIP/c1-6(2)5-8(3,4)7(10)9-11/h6-7H,5,11H2,1-4H3. The summed E-state index contributed by atoms with van der Waals surface area (Å²) in [6, 6.07) is 0. The molecule has 0 nitrogen and oxygen atoms in total. The fraction of sp³-hybridized carbons (Fsp3) is 1.00. The molecule has 1 radical (unpaired) electrons. The Morgan fingerprint density at radius 2 is 1.91 bits per heavy atom. The summed E-state index contributed by atoms with van der Waals surface area (Å²) >= 11 is 2.51. The summed E-state index contributed by atoms with van der Waals surface area (Å²) in [5, 5.41) is 0. The summed E-state index contributed by atoms with van der Waals surface area (Å²) in [5.74, 6) is 0.798. The van der Waals surface area contributed by atoms with Gasteiger partial charge in [0, 0.05) is 0 Å². The molecule has 0 saturated carbocycles. The molecular formula is C8H18BIP. The molecule has 0 N–H and O–H groups in total. The Morgan fingerprint density at radius 1 is 1.45 bits per heavy atom. The first-order valence-electron chi connectivity index (χ1n) is 4.09. The van der Waals surface area contributed by atoms with Gasteiger partial charge >= 0.3 is 0 Å². The summed E-state index contributed by atoms with van der Waals surface area (Å²) in [4.78, 5) is 0. The van der Waals surface area contributed by atoms with Crippen LogP contribution < -0.4 is 0 Å². The molecule has 0 heterocycles. The molecule has 2 unspecified atom stereocenters. The van der Waals surface area contributed by atoms with E-state index < -0.39 is 0 Å². The third-order valence-corrected chi connectivity index (χ3v) is 5.12. The minimum atomic E-state index is 0.441. The number of rotatable bonds is 4. The third kappa shape index (κ3) is 4.72. The van der Waals surface area contributed by atoms with E-state index in [2.05, 4.69) is 66.4 Å². The van der Waals surface area contributed by atoms with Gasteiger partial charge in [0.2, 0.25) is 0 Å². The monoisotopic (exact) mass is 283 g/mol. The molecule has 11 heavy (non-hydrogen) atoms. The second-order valence-electron chi connectivity index (χ2n) is 4.18. The fourth-order valence-corrected chi connectivity index (χ4v) is 2.20.